The third-order valence-corrected chi connectivity index (χ3v) is 2.52. The molecule has 5 heteroatoms. The fourth-order valence-electron chi connectivity index (χ4n) is 1.39. The quantitative estimate of drug-likeness (QED) is 0.602. The molecule has 1 aromatic carbocycles. The Hall–Kier alpha value is -1.86. The second-order valence-corrected chi connectivity index (χ2v) is 3.51. The van der Waals surface area contributed by atoms with Gasteiger partial charge in [-0.3, -0.25) is 4.79 Å². The van der Waals surface area contributed by atoms with E-state index in [1.165, 1.54) is 0 Å². The molecule has 0 radical (unpaired) electrons. The third-order valence-electron chi connectivity index (χ3n) is 2.18. The van der Waals surface area contributed by atoms with E-state index in [9.17, 15) is 4.79 Å². The molecule has 4 nitrogen and oxygen atoms in total. The van der Waals surface area contributed by atoms with E-state index in [4.69, 9.17) is 22.3 Å². The number of nitriles is 1. The largest absolute Gasteiger partial charge is 0.349 e. The highest BCUT2D eigenvalue weighted by Gasteiger charge is 2.22. The maximum atomic E-state index is 10.4. The summed E-state index contributed by atoms with van der Waals surface area (Å²) in [5.74, 6) is -0.656. The lowest BCUT2D eigenvalue weighted by atomic mass is 9.93. The lowest BCUT2D eigenvalue weighted by molar-refractivity contribution is -0.109. The number of hydrogen-bond acceptors (Lipinski definition) is 3. The van der Waals surface area contributed by atoms with Crippen LogP contribution in [0, 0.1) is 16.7 Å². The molecule has 0 aliphatic carbocycles. The molecular weight excluding hydrogens is 226 g/mol. The number of benzene rings is 1. The van der Waals surface area contributed by atoms with E-state index in [1.807, 2.05) is 6.07 Å². The Bertz CT molecular complexity index is 427. The number of carbonyl (C=O) groups excluding carboxylic acids is 1. The van der Waals surface area contributed by atoms with Gasteiger partial charge in [0.05, 0.1) is 18.0 Å². The van der Waals surface area contributed by atoms with Gasteiger partial charge in [-0.05, 0) is 11.6 Å². The monoisotopic (exact) mass is 235 g/mol. The summed E-state index contributed by atoms with van der Waals surface area (Å²) >= 11 is 5.96. The van der Waals surface area contributed by atoms with Crippen LogP contribution in [0.25, 0.3) is 0 Å². The van der Waals surface area contributed by atoms with E-state index in [-0.39, 0.29) is 0 Å². The molecule has 16 heavy (non-hydrogen) atoms. The maximum Gasteiger partial charge on any atom is 0.207 e. The predicted octanol–water partition coefficient (Wildman–Crippen LogP) is 1.71. The van der Waals surface area contributed by atoms with E-state index in [0.717, 1.165) is 6.21 Å². The molecule has 0 aliphatic rings. The zero-order valence-corrected chi connectivity index (χ0v) is 9.11. The summed E-state index contributed by atoms with van der Waals surface area (Å²) in [6, 6.07) is 8.26. The fraction of sp³-hybridized carbons (Fsp3) is 0.182. The molecule has 1 rings (SSSR count). The van der Waals surface area contributed by atoms with E-state index >= 15 is 0 Å². The standard InChI is InChI=1S/C11H10ClN3O/c12-10-4-2-1-3-8(10)9(5-13)11(6-14)15-7-16/h1-4,6-7,9,11,14H,(H,15,16). The Balaban J connectivity index is 3.07. The van der Waals surface area contributed by atoms with Gasteiger partial charge in [0, 0.05) is 11.2 Å². The highest BCUT2D eigenvalue weighted by atomic mass is 35.5. The summed E-state index contributed by atoms with van der Waals surface area (Å²) in [5, 5.41) is 19.1. The first-order valence-corrected chi connectivity index (χ1v) is 4.96. The Morgan fingerprint density at radius 2 is 2.19 bits per heavy atom. The second kappa shape index (κ2) is 5.89. The van der Waals surface area contributed by atoms with Crippen LogP contribution in [-0.2, 0) is 4.79 Å². The third kappa shape index (κ3) is 2.59. The maximum absolute atomic E-state index is 10.4. The van der Waals surface area contributed by atoms with Crippen molar-refractivity contribution >= 4 is 24.2 Å². The predicted molar refractivity (Wildman–Crippen MR) is 61.6 cm³/mol. The van der Waals surface area contributed by atoms with E-state index in [1.54, 1.807) is 24.3 Å². The summed E-state index contributed by atoms with van der Waals surface area (Å²) in [6.07, 6.45) is 1.49. The second-order valence-electron chi connectivity index (χ2n) is 3.11. The zero-order valence-electron chi connectivity index (χ0n) is 8.35. The number of nitrogens with one attached hydrogen (secondary N) is 2. The number of nitrogens with zero attached hydrogens (tertiary/aromatic N) is 1. The van der Waals surface area contributed by atoms with Crippen LogP contribution in [-0.4, -0.2) is 18.7 Å². The van der Waals surface area contributed by atoms with E-state index in [0.29, 0.717) is 17.0 Å². The van der Waals surface area contributed by atoms with Crippen molar-refractivity contribution in [3.05, 3.63) is 34.9 Å². The molecule has 82 valence electrons. The molecule has 1 aromatic rings. The lowest BCUT2D eigenvalue weighted by Gasteiger charge is -2.17. The Kier molecular flexibility index (Phi) is 4.49. The van der Waals surface area contributed by atoms with Crippen molar-refractivity contribution in [2.24, 2.45) is 0 Å². The van der Waals surface area contributed by atoms with Gasteiger partial charge < -0.3 is 10.7 Å². The number of amides is 1. The number of hydrogen-bond donors (Lipinski definition) is 2. The van der Waals surface area contributed by atoms with Gasteiger partial charge in [-0.1, -0.05) is 29.8 Å². The fourth-order valence-corrected chi connectivity index (χ4v) is 1.64. The van der Waals surface area contributed by atoms with Crippen LogP contribution < -0.4 is 5.32 Å². The lowest BCUT2D eigenvalue weighted by Crippen LogP contribution is -2.34. The Morgan fingerprint density at radius 1 is 1.50 bits per heavy atom. The summed E-state index contributed by atoms with van der Waals surface area (Å²) in [6.45, 7) is 0. The molecule has 0 spiro atoms. The molecule has 0 saturated carbocycles. The average molecular weight is 236 g/mol. The van der Waals surface area contributed by atoms with Gasteiger partial charge in [-0.15, -0.1) is 0 Å². The first-order chi connectivity index (χ1) is 7.74. The van der Waals surface area contributed by atoms with Gasteiger partial charge >= 0.3 is 0 Å². The number of halogens is 1. The minimum absolute atomic E-state index is 0.452. The first kappa shape index (κ1) is 12.2. The average Bonchev–Trinajstić information content (AvgIpc) is 2.31. The molecule has 2 unspecified atom stereocenters. The van der Waals surface area contributed by atoms with Gasteiger partial charge in [0.25, 0.3) is 0 Å². The number of rotatable bonds is 5. The molecule has 0 aliphatic heterocycles. The smallest absolute Gasteiger partial charge is 0.207 e. The zero-order chi connectivity index (χ0) is 12.0. The molecule has 0 aromatic heterocycles. The Morgan fingerprint density at radius 3 is 2.69 bits per heavy atom. The van der Waals surface area contributed by atoms with Crippen molar-refractivity contribution in [2.75, 3.05) is 0 Å². The van der Waals surface area contributed by atoms with E-state index < -0.39 is 12.0 Å². The molecule has 0 heterocycles. The van der Waals surface area contributed by atoms with Crippen molar-refractivity contribution in [1.82, 2.24) is 5.32 Å². The number of carbonyl (C=O) groups is 1. The summed E-state index contributed by atoms with van der Waals surface area (Å²) in [4.78, 5) is 10.4. The van der Waals surface area contributed by atoms with Crippen molar-refractivity contribution in [1.29, 1.82) is 10.7 Å². The summed E-state index contributed by atoms with van der Waals surface area (Å²) in [5.41, 5.74) is 0.606. The van der Waals surface area contributed by atoms with Crippen LogP contribution in [0.2, 0.25) is 5.02 Å². The van der Waals surface area contributed by atoms with Crippen LogP contribution in [0.4, 0.5) is 0 Å². The van der Waals surface area contributed by atoms with Crippen LogP contribution in [0.1, 0.15) is 11.5 Å². The minimum atomic E-state index is -0.664. The van der Waals surface area contributed by atoms with Crippen LogP contribution in [0.15, 0.2) is 24.3 Å². The topological polar surface area (TPSA) is 76.7 Å². The SMILES string of the molecule is N#CC(c1ccccc1Cl)C(C=N)NC=O. The highest BCUT2D eigenvalue weighted by molar-refractivity contribution is 6.31. The van der Waals surface area contributed by atoms with Crippen molar-refractivity contribution < 1.29 is 4.79 Å². The van der Waals surface area contributed by atoms with Gasteiger partial charge in [0.15, 0.2) is 0 Å². The van der Waals surface area contributed by atoms with Gasteiger partial charge in [-0.2, -0.15) is 5.26 Å². The Labute approximate surface area is 98.3 Å². The minimum Gasteiger partial charge on any atom is -0.349 e. The molecule has 0 fully saturated rings. The highest BCUT2D eigenvalue weighted by Crippen LogP contribution is 2.25. The van der Waals surface area contributed by atoms with Crippen LogP contribution in [0.5, 0.6) is 0 Å². The van der Waals surface area contributed by atoms with Crippen molar-refractivity contribution in [2.45, 2.75) is 12.0 Å². The molecule has 0 bridgehead atoms. The van der Waals surface area contributed by atoms with Crippen molar-refractivity contribution in [3.63, 3.8) is 0 Å². The summed E-state index contributed by atoms with van der Waals surface area (Å²) < 4.78 is 0. The molecule has 2 N–H and O–H groups in total. The first-order valence-electron chi connectivity index (χ1n) is 4.59. The van der Waals surface area contributed by atoms with Crippen LogP contribution in [0.3, 0.4) is 0 Å². The van der Waals surface area contributed by atoms with Gasteiger partial charge in [0.1, 0.15) is 0 Å². The normalized spacial score (nSPS) is 13.2. The molecule has 2 atom stereocenters. The van der Waals surface area contributed by atoms with Crippen LogP contribution >= 0.6 is 11.6 Å². The molecule has 0 saturated heterocycles. The molecule has 1 amide bonds. The van der Waals surface area contributed by atoms with Gasteiger partial charge in [-0.25, -0.2) is 0 Å². The van der Waals surface area contributed by atoms with E-state index in [2.05, 4.69) is 5.32 Å². The molecular formula is C11H10ClN3O. The van der Waals surface area contributed by atoms with Gasteiger partial charge in [0.2, 0.25) is 6.41 Å². The van der Waals surface area contributed by atoms with Crippen molar-refractivity contribution in [3.8, 4) is 6.07 Å². The summed E-state index contributed by atoms with van der Waals surface area (Å²) in [7, 11) is 0.